The van der Waals surface area contributed by atoms with Gasteiger partial charge in [0.2, 0.25) is 0 Å². The van der Waals surface area contributed by atoms with E-state index in [-0.39, 0.29) is 12.0 Å². The molecule has 5 heteroatoms. The second kappa shape index (κ2) is 7.51. The fourth-order valence-electron chi connectivity index (χ4n) is 2.70. The molecule has 0 N–H and O–H groups in total. The van der Waals surface area contributed by atoms with Crippen molar-refractivity contribution in [2.75, 3.05) is 19.7 Å². The third-order valence-electron chi connectivity index (χ3n) is 3.89. The second-order valence-corrected chi connectivity index (χ2v) is 6.21. The van der Waals surface area contributed by atoms with Crippen LogP contribution in [0.4, 0.5) is 0 Å². The summed E-state index contributed by atoms with van der Waals surface area (Å²) in [6.07, 6.45) is 3.13. The van der Waals surface area contributed by atoms with Crippen LogP contribution in [0.2, 0.25) is 0 Å². The molecule has 1 aromatic heterocycles. The van der Waals surface area contributed by atoms with Crippen LogP contribution in [-0.4, -0.2) is 41.6 Å². The average Bonchev–Trinajstić information content (AvgIpc) is 3.24. The van der Waals surface area contributed by atoms with Gasteiger partial charge in [0.15, 0.2) is 0 Å². The zero-order valence-corrected chi connectivity index (χ0v) is 13.3. The molecule has 1 aliphatic rings. The number of ether oxygens (including phenoxy) is 1. The summed E-state index contributed by atoms with van der Waals surface area (Å²) < 4.78 is 5.91. The molecule has 0 aliphatic carbocycles. The van der Waals surface area contributed by atoms with E-state index in [1.54, 1.807) is 10.9 Å². The molecule has 116 valence electrons. The van der Waals surface area contributed by atoms with Crippen LogP contribution in [0.3, 0.4) is 0 Å². The highest BCUT2D eigenvalue weighted by atomic mass is 32.1. The first-order valence-electron chi connectivity index (χ1n) is 7.66. The Kier molecular flexibility index (Phi) is 5.19. The molecule has 22 heavy (non-hydrogen) atoms. The molecule has 0 radical (unpaired) electrons. The molecular formula is C17H20N2O2S. The lowest BCUT2D eigenvalue weighted by atomic mass is 10.1. The van der Waals surface area contributed by atoms with Crippen LogP contribution in [-0.2, 0) is 11.2 Å². The van der Waals surface area contributed by atoms with Crippen LogP contribution in [0.15, 0.2) is 41.2 Å². The number of carbonyl (C=O) groups excluding carboxylic acids is 1. The number of carbonyl (C=O) groups is 1. The van der Waals surface area contributed by atoms with E-state index in [0.717, 1.165) is 32.4 Å². The Bertz CT molecular complexity index is 586. The number of aryl methyl sites for hydroxylation is 1. The van der Waals surface area contributed by atoms with Gasteiger partial charge in [0.25, 0.3) is 5.91 Å². The van der Waals surface area contributed by atoms with E-state index in [9.17, 15) is 4.79 Å². The molecule has 0 saturated carbocycles. The molecule has 4 nitrogen and oxygen atoms in total. The molecule has 1 aliphatic heterocycles. The maximum absolute atomic E-state index is 12.2. The topological polar surface area (TPSA) is 42.4 Å². The SMILES string of the molecule is O=C(c1cscn1)N1CCC(OCCCc2ccccc2)C1. The standard InChI is InChI=1S/C17H20N2O2S/c20-17(16-12-22-13-18-16)19-9-8-15(11-19)21-10-4-7-14-5-2-1-3-6-14/h1-3,5-6,12-13,15H,4,7-11H2. The van der Waals surface area contributed by atoms with Gasteiger partial charge in [-0.05, 0) is 24.8 Å². The van der Waals surface area contributed by atoms with Crippen LogP contribution in [0.1, 0.15) is 28.9 Å². The van der Waals surface area contributed by atoms with Gasteiger partial charge in [-0.25, -0.2) is 4.98 Å². The summed E-state index contributed by atoms with van der Waals surface area (Å²) in [7, 11) is 0. The molecule has 3 rings (SSSR count). The van der Waals surface area contributed by atoms with Crippen molar-refractivity contribution < 1.29 is 9.53 Å². The lowest BCUT2D eigenvalue weighted by Crippen LogP contribution is -2.30. The van der Waals surface area contributed by atoms with E-state index in [1.807, 2.05) is 11.0 Å². The molecule has 2 aromatic rings. The van der Waals surface area contributed by atoms with E-state index < -0.39 is 0 Å². The number of nitrogens with zero attached hydrogens (tertiary/aromatic N) is 2. The number of amides is 1. The van der Waals surface area contributed by atoms with Gasteiger partial charge in [0, 0.05) is 25.1 Å². The highest BCUT2D eigenvalue weighted by Gasteiger charge is 2.28. The fraction of sp³-hybridized carbons (Fsp3) is 0.412. The molecule has 1 fully saturated rings. The Morgan fingerprint density at radius 1 is 1.36 bits per heavy atom. The highest BCUT2D eigenvalue weighted by Crippen LogP contribution is 2.16. The Labute approximate surface area is 134 Å². The zero-order valence-electron chi connectivity index (χ0n) is 12.5. The van der Waals surface area contributed by atoms with E-state index in [1.165, 1.54) is 16.9 Å². The quantitative estimate of drug-likeness (QED) is 0.769. The zero-order chi connectivity index (χ0) is 15.2. The van der Waals surface area contributed by atoms with E-state index >= 15 is 0 Å². The van der Waals surface area contributed by atoms with E-state index in [0.29, 0.717) is 12.2 Å². The van der Waals surface area contributed by atoms with Crippen molar-refractivity contribution in [3.8, 4) is 0 Å². The molecule has 0 bridgehead atoms. The second-order valence-electron chi connectivity index (χ2n) is 5.50. The highest BCUT2D eigenvalue weighted by molar-refractivity contribution is 7.07. The minimum atomic E-state index is 0.0247. The van der Waals surface area contributed by atoms with Gasteiger partial charge in [-0.1, -0.05) is 30.3 Å². The largest absolute Gasteiger partial charge is 0.376 e. The summed E-state index contributed by atoms with van der Waals surface area (Å²) in [5.74, 6) is 0.0247. The molecular weight excluding hydrogens is 296 g/mol. The maximum atomic E-state index is 12.2. The molecule has 1 unspecified atom stereocenters. The van der Waals surface area contributed by atoms with Crippen molar-refractivity contribution in [3.63, 3.8) is 0 Å². The van der Waals surface area contributed by atoms with Gasteiger partial charge in [0.05, 0.1) is 11.6 Å². The number of hydrogen-bond acceptors (Lipinski definition) is 4. The summed E-state index contributed by atoms with van der Waals surface area (Å²) in [5, 5.41) is 1.80. The van der Waals surface area contributed by atoms with Gasteiger partial charge < -0.3 is 9.64 Å². The lowest BCUT2D eigenvalue weighted by Gasteiger charge is -2.15. The normalized spacial score (nSPS) is 17.8. The molecule has 2 heterocycles. The third-order valence-corrected chi connectivity index (χ3v) is 4.48. The van der Waals surface area contributed by atoms with Gasteiger partial charge in [-0.2, -0.15) is 0 Å². The molecule has 1 aromatic carbocycles. The minimum Gasteiger partial charge on any atom is -0.376 e. The van der Waals surface area contributed by atoms with Crippen molar-refractivity contribution in [2.45, 2.75) is 25.4 Å². The Morgan fingerprint density at radius 3 is 3.00 bits per heavy atom. The van der Waals surface area contributed by atoms with Crippen molar-refractivity contribution in [1.82, 2.24) is 9.88 Å². The predicted molar refractivity (Wildman–Crippen MR) is 87.1 cm³/mol. The first-order valence-corrected chi connectivity index (χ1v) is 8.60. The molecule has 0 spiro atoms. The van der Waals surface area contributed by atoms with Gasteiger partial charge in [-0.15, -0.1) is 11.3 Å². The smallest absolute Gasteiger partial charge is 0.273 e. The summed E-state index contributed by atoms with van der Waals surface area (Å²) in [6, 6.07) is 10.4. The Morgan fingerprint density at radius 2 is 2.23 bits per heavy atom. The van der Waals surface area contributed by atoms with Gasteiger partial charge in [0.1, 0.15) is 5.69 Å². The summed E-state index contributed by atoms with van der Waals surface area (Å²) in [5.41, 5.74) is 3.59. The van der Waals surface area contributed by atoms with Crippen molar-refractivity contribution in [3.05, 3.63) is 52.5 Å². The van der Waals surface area contributed by atoms with E-state index in [4.69, 9.17) is 4.74 Å². The number of benzene rings is 1. The van der Waals surface area contributed by atoms with Crippen LogP contribution < -0.4 is 0 Å². The fourth-order valence-corrected chi connectivity index (χ4v) is 3.23. The van der Waals surface area contributed by atoms with E-state index in [2.05, 4.69) is 29.2 Å². The lowest BCUT2D eigenvalue weighted by molar-refractivity contribution is 0.0523. The first kappa shape index (κ1) is 15.2. The van der Waals surface area contributed by atoms with Crippen LogP contribution in [0.25, 0.3) is 0 Å². The molecule has 1 atom stereocenters. The molecule has 1 saturated heterocycles. The van der Waals surface area contributed by atoms with Crippen LogP contribution in [0, 0.1) is 0 Å². The van der Waals surface area contributed by atoms with Gasteiger partial charge >= 0.3 is 0 Å². The Balaban J connectivity index is 1.37. The summed E-state index contributed by atoms with van der Waals surface area (Å²) in [6.45, 7) is 2.19. The summed E-state index contributed by atoms with van der Waals surface area (Å²) >= 11 is 1.45. The van der Waals surface area contributed by atoms with Crippen molar-refractivity contribution in [1.29, 1.82) is 0 Å². The number of aromatic nitrogens is 1. The predicted octanol–water partition coefficient (Wildman–Crippen LogP) is 3.01. The van der Waals surface area contributed by atoms with Crippen LogP contribution in [0.5, 0.6) is 0 Å². The van der Waals surface area contributed by atoms with Gasteiger partial charge in [-0.3, -0.25) is 4.79 Å². The number of hydrogen-bond donors (Lipinski definition) is 0. The average molecular weight is 316 g/mol. The summed E-state index contributed by atoms with van der Waals surface area (Å²) in [4.78, 5) is 18.1. The number of thiazole rings is 1. The molecule has 1 amide bonds. The van der Waals surface area contributed by atoms with Crippen molar-refractivity contribution >= 4 is 17.2 Å². The maximum Gasteiger partial charge on any atom is 0.273 e. The van der Waals surface area contributed by atoms with Crippen molar-refractivity contribution in [2.24, 2.45) is 0 Å². The number of likely N-dealkylation sites (tertiary alicyclic amines) is 1. The third kappa shape index (κ3) is 3.93. The van der Waals surface area contributed by atoms with Crippen LogP contribution >= 0.6 is 11.3 Å². The minimum absolute atomic E-state index is 0.0247. The monoisotopic (exact) mass is 316 g/mol. The number of rotatable bonds is 6. The Hall–Kier alpha value is -1.72. The first-order chi connectivity index (χ1) is 10.8.